The zero-order valence-corrected chi connectivity index (χ0v) is 20.4. The maximum absolute atomic E-state index is 13.8. The van der Waals surface area contributed by atoms with E-state index >= 15 is 0 Å². The van der Waals surface area contributed by atoms with E-state index in [1.54, 1.807) is 12.1 Å². The van der Waals surface area contributed by atoms with E-state index in [1.807, 2.05) is 96.5 Å². The lowest BCUT2D eigenvalue weighted by Gasteiger charge is -2.23. The van der Waals surface area contributed by atoms with E-state index in [2.05, 4.69) is 15.5 Å². The molecule has 1 N–H and O–H groups in total. The van der Waals surface area contributed by atoms with E-state index < -0.39 is 9.84 Å². The van der Waals surface area contributed by atoms with Crippen LogP contribution >= 0.6 is 0 Å². The van der Waals surface area contributed by atoms with Crippen molar-refractivity contribution < 1.29 is 8.42 Å². The van der Waals surface area contributed by atoms with Gasteiger partial charge in [-0.2, -0.15) is 10.2 Å². The molecule has 0 saturated carbocycles. The van der Waals surface area contributed by atoms with Gasteiger partial charge < -0.3 is 5.32 Å². The average molecular weight is 492 g/mol. The topological polar surface area (TPSA) is 81.8 Å². The van der Waals surface area contributed by atoms with Crippen LogP contribution in [0.1, 0.15) is 0 Å². The Morgan fingerprint density at radius 1 is 0.611 bits per heavy atom. The number of aryl methyl sites for hydroxylation is 2. The van der Waals surface area contributed by atoms with E-state index in [0.29, 0.717) is 11.4 Å². The Morgan fingerprint density at radius 2 is 1.03 bits per heavy atom. The molecule has 1 aliphatic rings. The van der Waals surface area contributed by atoms with Crippen LogP contribution < -0.4 is 5.32 Å². The molecule has 2 aromatic heterocycles. The number of anilines is 2. The average Bonchev–Trinajstić information content (AvgIpc) is 3.45. The fourth-order valence-electron chi connectivity index (χ4n) is 5.00. The third-order valence-electron chi connectivity index (χ3n) is 6.97. The first kappa shape index (κ1) is 20.9. The van der Waals surface area contributed by atoms with E-state index in [9.17, 15) is 8.42 Å². The van der Waals surface area contributed by atoms with Crippen molar-refractivity contribution in [3.05, 3.63) is 85.2 Å². The van der Waals surface area contributed by atoms with Crippen molar-refractivity contribution in [3.8, 4) is 22.3 Å². The van der Waals surface area contributed by atoms with Crippen molar-refractivity contribution in [2.45, 2.75) is 9.79 Å². The normalized spacial score (nSPS) is 13.9. The Balaban J connectivity index is 1.32. The minimum absolute atomic E-state index is 0.277. The van der Waals surface area contributed by atoms with Crippen molar-refractivity contribution in [1.29, 1.82) is 0 Å². The van der Waals surface area contributed by atoms with Gasteiger partial charge >= 0.3 is 0 Å². The van der Waals surface area contributed by atoms with Gasteiger partial charge in [-0.15, -0.1) is 0 Å². The molecule has 8 heteroatoms. The molecule has 36 heavy (non-hydrogen) atoms. The molecule has 7 rings (SSSR count). The maximum atomic E-state index is 13.8. The van der Waals surface area contributed by atoms with Gasteiger partial charge in [0.05, 0.1) is 44.6 Å². The number of hydrogen-bond donors (Lipinski definition) is 1. The largest absolute Gasteiger partial charge is 0.353 e. The lowest BCUT2D eigenvalue weighted by molar-refractivity contribution is 0.596. The number of sulfone groups is 1. The molecule has 4 aromatic carbocycles. The lowest BCUT2D eigenvalue weighted by Crippen LogP contribution is -2.14. The monoisotopic (exact) mass is 491 g/mol. The number of rotatable bonds is 2. The summed E-state index contributed by atoms with van der Waals surface area (Å²) in [6.45, 7) is 0. The van der Waals surface area contributed by atoms with Gasteiger partial charge in [-0.1, -0.05) is 24.3 Å². The molecular weight excluding hydrogens is 470 g/mol. The molecule has 7 nitrogen and oxygen atoms in total. The van der Waals surface area contributed by atoms with Gasteiger partial charge in [0.1, 0.15) is 0 Å². The molecule has 0 atom stereocenters. The van der Waals surface area contributed by atoms with Crippen LogP contribution in [0.3, 0.4) is 0 Å². The maximum Gasteiger partial charge on any atom is 0.210 e. The van der Waals surface area contributed by atoms with Crippen molar-refractivity contribution in [2.24, 2.45) is 14.1 Å². The summed E-state index contributed by atoms with van der Waals surface area (Å²) in [5.74, 6) is 0. The Morgan fingerprint density at radius 3 is 1.50 bits per heavy atom. The number of nitrogens with one attached hydrogen (secondary N) is 1. The Hall–Kier alpha value is -4.43. The van der Waals surface area contributed by atoms with E-state index in [1.165, 1.54) is 0 Å². The van der Waals surface area contributed by atoms with Crippen LogP contribution in [0.15, 0.2) is 95.0 Å². The number of benzene rings is 4. The number of fused-ring (bicyclic) bond motifs is 4. The molecule has 0 saturated heterocycles. The van der Waals surface area contributed by atoms with E-state index in [4.69, 9.17) is 0 Å². The first-order valence-corrected chi connectivity index (χ1v) is 13.0. The minimum atomic E-state index is -3.73. The summed E-state index contributed by atoms with van der Waals surface area (Å²) in [6.07, 6.45) is 3.63. The third-order valence-corrected chi connectivity index (χ3v) is 8.80. The summed E-state index contributed by atoms with van der Waals surface area (Å²) in [5.41, 5.74) is 6.78. The van der Waals surface area contributed by atoms with Crippen LogP contribution in [-0.2, 0) is 23.9 Å². The predicted molar refractivity (Wildman–Crippen MR) is 141 cm³/mol. The fraction of sp³-hybridized carbons (Fsp3) is 0.0714. The minimum Gasteiger partial charge on any atom is -0.353 e. The van der Waals surface area contributed by atoms with Crippen LogP contribution in [0.25, 0.3) is 44.1 Å². The highest BCUT2D eigenvalue weighted by Crippen LogP contribution is 2.43. The van der Waals surface area contributed by atoms with Gasteiger partial charge in [0.25, 0.3) is 0 Å². The van der Waals surface area contributed by atoms with Gasteiger partial charge in [0.2, 0.25) is 9.84 Å². The predicted octanol–water partition coefficient (Wildman–Crippen LogP) is 5.68. The van der Waals surface area contributed by atoms with Gasteiger partial charge in [-0.3, -0.25) is 9.36 Å². The second kappa shape index (κ2) is 7.29. The summed E-state index contributed by atoms with van der Waals surface area (Å²) < 4.78 is 31.3. The summed E-state index contributed by atoms with van der Waals surface area (Å²) in [7, 11) is 0.0703. The van der Waals surface area contributed by atoms with Crippen molar-refractivity contribution in [1.82, 2.24) is 19.6 Å². The Bertz CT molecular complexity index is 1830. The first-order chi connectivity index (χ1) is 17.4. The smallest absolute Gasteiger partial charge is 0.210 e. The highest BCUT2D eigenvalue weighted by atomic mass is 32.2. The van der Waals surface area contributed by atoms with Gasteiger partial charge in [0.15, 0.2) is 0 Å². The van der Waals surface area contributed by atoms with Gasteiger partial charge in [-0.05, 0) is 70.8 Å². The van der Waals surface area contributed by atoms with Crippen molar-refractivity contribution in [3.63, 3.8) is 0 Å². The van der Waals surface area contributed by atoms with E-state index in [-0.39, 0.29) is 9.79 Å². The zero-order valence-electron chi connectivity index (χ0n) is 19.6. The summed E-state index contributed by atoms with van der Waals surface area (Å²) in [5, 5.41) is 13.9. The molecule has 6 aromatic rings. The number of hydrogen-bond acceptors (Lipinski definition) is 5. The first-order valence-electron chi connectivity index (χ1n) is 11.5. The standard InChI is InChI=1S/C28H21N5O2S/c1-32-25-9-5-17(11-21(25)15-29-32)19-3-7-23-27(13-19)36(34,35)28-14-20(4-8-24(28)31-23)18-6-10-26-22(12-18)16-30-33(26)2/h3-16,31H,1-2H3. The summed E-state index contributed by atoms with van der Waals surface area (Å²) in [6, 6.07) is 23.1. The molecule has 3 heterocycles. The molecule has 0 fully saturated rings. The third kappa shape index (κ3) is 3.01. The highest BCUT2D eigenvalue weighted by molar-refractivity contribution is 7.92. The molecule has 176 valence electrons. The van der Waals surface area contributed by atoms with Crippen LogP contribution in [0.4, 0.5) is 11.4 Å². The van der Waals surface area contributed by atoms with Crippen LogP contribution in [-0.4, -0.2) is 28.0 Å². The van der Waals surface area contributed by atoms with Crippen molar-refractivity contribution in [2.75, 3.05) is 5.32 Å². The summed E-state index contributed by atoms with van der Waals surface area (Å²) in [4.78, 5) is 0.553. The molecule has 0 spiro atoms. The fourth-order valence-corrected chi connectivity index (χ4v) is 6.62. The van der Waals surface area contributed by atoms with Gasteiger partial charge in [0, 0.05) is 24.9 Å². The van der Waals surface area contributed by atoms with Crippen LogP contribution in [0.2, 0.25) is 0 Å². The van der Waals surface area contributed by atoms with Gasteiger partial charge in [-0.25, -0.2) is 8.42 Å². The second-order valence-electron chi connectivity index (χ2n) is 9.13. The lowest BCUT2D eigenvalue weighted by atomic mass is 10.0. The molecule has 0 bridgehead atoms. The zero-order chi connectivity index (χ0) is 24.6. The Kier molecular flexibility index (Phi) is 4.23. The molecule has 0 aliphatic carbocycles. The molecule has 0 radical (unpaired) electrons. The Labute approximate surface area is 207 Å². The summed E-state index contributed by atoms with van der Waals surface area (Å²) >= 11 is 0. The molecule has 0 amide bonds. The number of nitrogens with zero attached hydrogens (tertiary/aromatic N) is 4. The SMILES string of the molecule is Cn1ncc2cc(-c3ccc4c(c3)S(=O)(=O)c3cc(-c5ccc6c(cnn6C)c5)ccc3N4)ccc21. The number of aromatic nitrogens is 4. The second-order valence-corrected chi connectivity index (χ2v) is 11.0. The van der Waals surface area contributed by atoms with E-state index in [0.717, 1.165) is 44.1 Å². The van der Waals surface area contributed by atoms with Crippen LogP contribution in [0.5, 0.6) is 0 Å². The molecule has 0 unspecified atom stereocenters. The highest BCUT2D eigenvalue weighted by Gasteiger charge is 2.30. The molecular formula is C28H21N5O2S. The van der Waals surface area contributed by atoms with Crippen molar-refractivity contribution >= 4 is 43.0 Å². The molecule has 1 aliphatic heterocycles. The van der Waals surface area contributed by atoms with Crippen LogP contribution in [0, 0.1) is 0 Å². The quantitative estimate of drug-likeness (QED) is 0.336.